The number of Topliss-reactive ketones (excluding diaryl/α,β-unsaturated/α-hetero) is 1. The standard InChI is InChI=1S/C27H38N2O4/c1-2-3-4-5-6-7-8-9-10-11-13-21-14-12-15-22(18-21)26(32)23-16-17-29(20-25(30)31)19-24(23)27(28)33/h12,14-19,23H,2-11,13,20H2,1H3,(H2,28,33)(H,30,31). The van der Waals surface area contributed by atoms with Crippen LogP contribution < -0.4 is 5.73 Å². The Labute approximate surface area is 197 Å². The van der Waals surface area contributed by atoms with Crippen molar-refractivity contribution in [2.75, 3.05) is 6.54 Å². The van der Waals surface area contributed by atoms with Gasteiger partial charge in [-0.05, 0) is 24.5 Å². The number of ketones is 1. The molecule has 0 radical (unpaired) electrons. The third-order valence-electron chi connectivity index (χ3n) is 6.03. The lowest BCUT2D eigenvalue weighted by Gasteiger charge is -2.24. The number of carboxylic acids is 1. The molecule has 0 bridgehead atoms. The van der Waals surface area contributed by atoms with Gasteiger partial charge >= 0.3 is 5.97 Å². The number of carboxylic acid groups (broad SMARTS) is 1. The van der Waals surface area contributed by atoms with Crippen molar-refractivity contribution < 1.29 is 19.5 Å². The highest BCUT2D eigenvalue weighted by Crippen LogP contribution is 2.24. The molecule has 33 heavy (non-hydrogen) atoms. The number of aliphatic carboxylic acids is 1. The maximum absolute atomic E-state index is 13.1. The fraction of sp³-hybridized carbons (Fsp3) is 0.519. The number of benzene rings is 1. The Balaban J connectivity index is 1.84. The summed E-state index contributed by atoms with van der Waals surface area (Å²) in [4.78, 5) is 37.3. The highest BCUT2D eigenvalue weighted by Gasteiger charge is 2.28. The van der Waals surface area contributed by atoms with Gasteiger partial charge < -0.3 is 15.7 Å². The third kappa shape index (κ3) is 9.24. The van der Waals surface area contributed by atoms with E-state index < -0.39 is 17.8 Å². The van der Waals surface area contributed by atoms with Crippen LogP contribution in [0.2, 0.25) is 0 Å². The van der Waals surface area contributed by atoms with E-state index in [1.54, 1.807) is 12.1 Å². The van der Waals surface area contributed by atoms with Crippen molar-refractivity contribution in [2.45, 2.75) is 77.6 Å². The van der Waals surface area contributed by atoms with Crippen LogP contribution >= 0.6 is 0 Å². The lowest BCUT2D eigenvalue weighted by molar-refractivity contribution is -0.137. The normalized spacial score (nSPS) is 15.4. The highest BCUT2D eigenvalue weighted by molar-refractivity contribution is 6.07. The SMILES string of the molecule is CCCCCCCCCCCCc1cccc(C(=O)C2C=CN(CC(=O)O)C=C2C(N)=O)c1. The number of nitrogens with two attached hydrogens (primary N) is 1. The van der Waals surface area contributed by atoms with Gasteiger partial charge in [0.05, 0.1) is 5.92 Å². The minimum atomic E-state index is -1.04. The van der Waals surface area contributed by atoms with E-state index in [4.69, 9.17) is 10.8 Å². The van der Waals surface area contributed by atoms with Crippen LogP contribution in [0.4, 0.5) is 0 Å². The Morgan fingerprint density at radius 3 is 2.21 bits per heavy atom. The van der Waals surface area contributed by atoms with E-state index in [1.165, 1.54) is 75.1 Å². The molecule has 0 aliphatic carbocycles. The number of carbonyl (C=O) groups is 3. The molecule has 6 heteroatoms. The number of amides is 1. The molecule has 0 aromatic heterocycles. The fourth-order valence-corrected chi connectivity index (χ4v) is 4.18. The van der Waals surface area contributed by atoms with E-state index >= 15 is 0 Å². The lowest BCUT2D eigenvalue weighted by atomic mass is 9.88. The second kappa shape index (κ2) is 14.3. The monoisotopic (exact) mass is 454 g/mol. The highest BCUT2D eigenvalue weighted by atomic mass is 16.4. The number of carbonyl (C=O) groups excluding carboxylic acids is 2. The van der Waals surface area contributed by atoms with Gasteiger partial charge in [-0.25, -0.2) is 0 Å². The maximum atomic E-state index is 13.1. The number of allylic oxidation sites excluding steroid dienone is 1. The first-order chi connectivity index (χ1) is 15.9. The Morgan fingerprint density at radius 1 is 0.970 bits per heavy atom. The van der Waals surface area contributed by atoms with E-state index in [-0.39, 0.29) is 17.9 Å². The average Bonchev–Trinajstić information content (AvgIpc) is 2.79. The second-order valence-electron chi connectivity index (χ2n) is 8.83. The van der Waals surface area contributed by atoms with Crippen molar-refractivity contribution in [3.63, 3.8) is 0 Å². The Kier molecular flexibility index (Phi) is 11.4. The molecule has 1 unspecified atom stereocenters. The number of aryl methyl sites for hydroxylation is 1. The van der Waals surface area contributed by atoms with Crippen molar-refractivity contribution in [1.29, 1.82) is 0 Å². The first kappa shape index (κ1) is 26.4. The molecule has 1 aliphatic rings. The van der Waals surface area contributed by atoms with Crippen LogP contribution in [0, 0.1) is 5.92 Å². The molecule has 6 nitrogen and oxygen atoms in total. The average molecular weight is 455 g/mol. The van der Waals surface area contributed by atoms with Crippen LogP contribution in [0.1, 0.15) is 87.1 Å². The summed E-state index contributed by atoms with van der Waals surface area (Å²) in [5, 5.41) is 8.96. The molecule has 0 fully saturated rings. The smallest absolute Gasteiger partial charge is 0.323 e. The van der Waals surface area contributed by atoms with Crippen LogP contribution in [-0.4, -0.2) is 34.2 Å². The van der Waals surface area contributed by atoms with E-state index in [1.807, 2.05) is 18.2 Å². The van der Waals surface area contributed by atoms with Gasteiger partial charge in [0.2, 0.25) is 5.91 Å². The summed E-state index contributed by atoms with van der Waals surface area (Å²) >= 11 is 0. The summed E-state index contributed by atoms with van der Waals surface area (Å²) in [7, 11) is 0. The quantitative estimate of drug-likeness (QED) is 0.263. The molecule has 180 valence electrons. The molecule has 0 saturated heterocycles. The maximum Gasteiger partial charge on any atom is 0.323 e. The zero-order valence-electron chi connectivity index (χ0n) is 19.8. The Morgan fingerprint density at radius 2 is 1.61 bits per heavy atom. The lowest BCUT2D eigenvalue weighted by Crippen LogP contribution is -2.32. The molecule has 2 rings (SSSR count). The van der Waals surface area contributed by atoms with Gasteiger partial charge in [0.25, 0.3) is 0 Å². The van der Waals surface area contributed by atoms with Gasteiger partial charge in [-0.15, -0.1) is 0 Å². The van der Waals surface area contributed by atoms with Crippen LogP contribution in [0.5, 0.6) is 0 Å². The van der Waals surface area contributed by atoms with Crippen molar-refractivity contribution in [3.8, 4) is 0 Å². The summed E-state index contributed by atoms with van der Waals surface area (Å²) in [6.07, 6.45) is 18.2. The third-order valence-corrected chi connectivity index (χ3v) is 6.03. The van der Waals surface area contributed by atoms with Crippen molar-refractivity contribution in [1.82, 2.24) is 4.90 Å². The molecule has 3 N–H and O–H groups in total. The molecule has 1 aliphatic heterocycles. The number of rotatable bonds is 16. The molecule has 1 aromatic rings. The molecule has 1 atom stereocenters. The summed E-state index contributed by atoms with van der Waals surface area (Å²) in [5.74, 6) is -2.78. The van der Waals surface area contributed by atoms with Gasteiger partial charge in [0.1, 0.15) is 6.54 Å². The van der Waals surface area contributed by atoms with Crippen LogP contribution in [0.3, 0.4) is 0 Å². The van der Waals surface area contributed by atoms with E-state index in [0.717, 1.165) is 18.4 Å². The molecule has 1 heterocycles. The Bertz CT molecular complexity index is 859. The summed E-state index contributed by atoms with van der Waals surface area (Å²) < 4.78 is 0. The number of unbranched alkanes of at least 4 members (excludes halogenated alkanes) is 9. The van der Waals surface area contributed by atoms with Crippen molar-refractivity contribution in [2.24, 2.45) is 11.7 Å². The largest absolute Gasteiger partial charge is 0.480 e. The molecular weight excluding hydrogens is 416 g/mol. The predicted molar refractivity (Wildman–Crippen MR) is 131 cm³/mol. The Hall–Kier alpha value is -2.89. The summed E-state index contributed by atoms with van der Waals surface area (Å²) in [5.41, 5.74) is 7.22. The molecule has 0 saturated carbocycles. The van der Waals surface area contributed by atoms with Gasteiger partial charge in [0.15, 0.2) is 5.78 Å². The van der Waals surface area contributed by atoms with Crippen LogP contribution in [0.15, 0.2) is 48.3 Å². The number of nitrogens with zero attached hydrogens (tertiary/aromatic N) is 1. The molecule has 1 aromatic carbocycles. The number of hydrogen-bond donors (Lipinski definition) is 2. The van der Waals surface area contributed by atoms with Gasteiger partial charge in [-0.1, -0.05) is 89.0 Å². The summed E-state index contributed by atoms with van der Waals surface area (Å²) in [6.45, 7) is 1.94. The number of primary amides is 1. The fourth-order valence-electron chi connectivity index (χ4n) is 4.18. The van der Waals surface area contributed by atoms with Crippen molar-refractivity contribution in [3.05, 3.63) is 59.4 Å². The van der Waals surface area contributed by atoms with Gasteiger partial charge in [-0.2, -0.15) is 0 Å². The van der Waals surface area contributed by atoms with E-state index in [9.17, 15) is 14.4 Å². The van der Waals surface area contributed by atoms with Gasteiger partial charge in [-0.3, -0.25) is 14.4 Å². The second-order valence-corrected chi connectivity index (χ2v) is 8.83. The van der Waals surface area contributed by atoms with Crippen molar-refractivity contribution >= 4 is 17.7 Å². The summed E-state index contributed by atoms with van der Waals surface area (Å²) in [6, 6.07) is 7.54. The zero-order chi connectivity index (χ0) is 24.1. The topological polar surface area (TPSA) is 101 Å². The zero-order valence-corrected chi connectivity index (χ0v) is 19.8. The van der Waals surface area contributed by atoms with Crippen LogP contribution in [0.25, 0.3) is 0 Å². The van der Waals surface area contributed by atoms with Crippen LogP contribution in [-0.2, 0) is 16.0 Å². The van der Waals surface area contributed by atoms with Gasteiger partial charge in [0, 0.05) is 23.5 Å². The van der Waals surface area contributed by atoms with E-state index in [2.05, 4.69) is 6.92 Å². The number of hydrogen-bond acceptors (Lipinski definition) is 4. The predicted octanol–water partition coefficient (Wildman–Crippen LogP) is 5.23. The van der Waals surface area contributed by atoms with E-state index in [0.29, 0.717) is 5.56 Å². The minimum Gasteiger partial charge on any atom is -0.480 e. The first-order valence-electron chi connectivity index (χ1n) is 12.2. The molecule has 1 amide bonds. The molecular formula is C27H38N2O4. The minimum absolute atomic E-state index is 0.101. The first-order valence-corrected chi connectivity index (χ1v) is 12.2. The molecule has 0 spiro atoms.